The Morgan fingerprint density at radius 2 is 1.71 bits per heavy atom. The molecular weight excluding hydrogens is 320 g/mol. The van der Waals surface area contributed by atoms with Crippen LogP contribution in [0.15, 0.2) is 24.3 Å². The van der Waals surface area contributed by atoms with Crippen molar-refractivity contribution < 1.29 is 5.11 Å². The zero-order valence-electron chi connectivity index (χ0n) is 14.0. The number of halogens is 1. The predicted molar refractivity (Wildman–Crippen MR) is 96.8 cm³/mol. The first-order chi connectivity index (χ1) is 11.7. The molecule has 0 saturated heterocycles. The fourth-order valence-electron chi connectivity index (χ4n) is 4.33. The molecule has 1 aromatic carbocycles. The zero-order chi connectivity index (χ0) is 16.5. The highest BCUT2D eigenvalue weighted by Gasteiger charge is 2.31. The van der Waals surface area contributed by atoms with Crippen molar-refractivity contribution in [3.05, 3.63) is 46.2 Å². The molecular formula is C20H25ClN2O. The molecule has 2 aromatic rings. The van der Waals surface area contributed by atoms with E-state index in [9.17, 15) is 5.11 Å². The van der Waals surface area contributed by atoms with E-state index in [2.05, 4.69) is 0 Å². The van der Waals surface area contributed by atoms with Crippen molar-refractivity contribution in [1.82, 2.24) is 9.78 Å². The highest BCUT2D eigenvalue weighted by Crippen LogP contribution is 2.39. The minimum atomic E-state index is -0.407. The number of aliphatic hydroxyl groups is 1. The number of aliphatic hydroxyl groups excluding tert-OH is 1. The van der Waals surface area contributed by atoms with E-state index in [4.69, 9.17) is 16.7 Å². The second-order valence-electron chi connectivity index (χ2n) is 7.25. The number of nitrogens with zero attached hydrogens (tertiary/aromatic N) is 2. The number of benzene rings is 1. The van der Waals surface area contributed by atoms with Crippen LogP contribution in [-0.4, -0.2) is 14.9 Å². The zero-order valence-corrected chi connectivity index (χ0v) is 14.8. The Balaban J connectivity index is 1.77. The van der Waals surface area contributed by atoms with Gasteiger partial charge >= 0.3 is 0 Å². The van der Waals surface area contributed by atoms with Gasteiger partial charge in [-0.25, -0.2) is 4.68 Å². The lowest BCUT2D eigenvalue weighted by molar-refractivity contribution is 0.0781. The summed E-state index contributed by atoms with van der Waals surface area (Å²) in [4.78, 5) is 0. The maximum Gasteiger partial charge on any atom is 0.0992 e. The lowest BCUT2D eigenvalue weighted by Gasteiger charge is -2.28. The van der Waals surface area contributed by atoms with Crippen LogP contribution in [-0.2, 0) is 12.8 Å². The Hall–Kier alpha value is -1.32. The predicted octanol–water partition coefficient (Wildman–Crippen LogP) is 5.02. The Kier molecular flexibility index (Phi) is 4.64. The van der Waals surface area contributed by atoms with Crippen LogP contribution in [0.3, 0.4) is 0 Å². The molecule has 0 bridgehead atoms. The van der Waals surface area contributed by atoms with E-state index in [0.717, 1.165) is 42.1 Å². The smallest absolute Gasteiger partial charge is 0.0992 e. The molecule has 1 saturated carbocycles. The van der Waals surface area contributed by atoms with E-state index < -0.39 is 6.10 Å². The molecule has 1 N–H and O–H groups in total. The normalized spacial score (nSPS) is 19.9. The number of rotatable bonds is 3. The Morgan fingerprint density at radius 3 is 2.46 bits per heavy atom. The molecule has 0 spiro atoms. The number of hydrogen-bond donors (Lipinski definition) is 1. The summed E-state index contributed by atoms with van der Waals surface area (Å²) in [6.45, 7) is 0. The van der Waals surface area contributed by atoms with Gasteiger partial charge in [0, 0.05) is 5.02 Å². The molecule has 1 unspecified atom stereocenters. The third-order valence-electron chi connectivity index (χ3n) is 5.64. The van der Waals surface area contributed by atoms with Crippen molar-refractivity contribution in [3.63, 3.8) is 0 Å². The van der Waals surface area contributed by atoms with E-state index in [1.807, 2.05) is 28.9 Å². The minimum absolute atomic E-state index is 0.368. The molecule has 0 radical (unpaired) electrons. The average molecular weight is 345 g/mol. The summed E-state index contributed by atoms with van der Waals surface area (Å²) >= 11 is 6.05. The summed E-state index contributed by atoms with van der Waals surface area (Å²) in [6.07, 6.45) is 10.1. The summed E-state index contributed by atoms with van der Waals surface area (Å²) in [5.74, 6) is 0.368. The van der Waals surface area contributed by atoms with E-state index in [0.29, 0.717) is 5.92 Å². The van der Waals surface area contributed by atoms with E-state index in [1.54, 1.807) is 0 Å². The van der Waals surface area contributed by atoms with Crippen molar-refractivity contribution in [2.45, 2.75) is 63.9 Å². The van der Waals surface area contributed by atoms with Crippen LogP contribution in [0.4, 0.5) is 0 Å². The first-order valence-electron chi connectivity index (χ1n) is 9.28. The van der Waals surface area contributed by atoms with Gasteiger partial charge in [0.05, 0.1) is 23.2 Å². The topological polar surface area (TPSA) is 38.1 Å². The first-order valence-corrected chi connectivity index (χ1v) is 9.66. The fourth-order valence-corrected chi connectivity index (χ4v) is 4.46. The lowest BCUT2D eigenvalue weighted by atomic mass is 9.82. The molecule has 1 fully saturated rings. The molecule has 1 atom stereocenters. The molecule has 2 aliphatic carbocycles. The van der Waals surface area contributed by atoms with Gasteiger partial charge in [0.25, 0.3) is 0 Å². The molecule has 4 heteroatoms. The number of fused-ring (bicyclic) bond motifs is 1. The first kappa shape index (κ1) is 16.2. The second kappa shape index (κ2) is 6.89. The van der Waals surface area contributed by atoms with Crippen LogP contribution < -0.4 is 0 Å². The van der Waals surface area contributed by atoms with Crippen molar-refractivity contribution in [3.8, 4) is 5.69 Å². The third-order valence-corrected chi connectivity index (χ3v) is 5.90. The summed E-state index contributed by atoms with van der Waals surface area (Å²) in [7, 11) is 0. The summed E-state index contributed by atoms with van der Waals surface area (Å²) in [6, 6.07) is 7.79. The molecule has 4 rings (SSSR count). The maximum atomic E-state index is 11.2. The van der Waals surface area contributed by atoms with Crippen LogP contribution in [0, 0.1) is 5.92 Å². The van der Waals surface area contributed by atoms with Gasteiger partial charge in [-0.2, -0.15) is 5.10 Å². The number of aromatic nitrogens is 2. The third kappa shape index (κ3) is 3.00. The lowest BCUT2D eigenvalue weighted by Crippen LogP contribution is -2.20. The quantitative estimate of drug-likeness (QED) is 0.849. The minimum Gasteiger partial charge on any atom is -0.387 e. The average Bonchev–Trinajstić information content (AvgIpc) is 3.02. The molecule has 2 aliphatic rings. The standard InChI is InChI=1S/C20H25ClN2O/c21-15-10-12-16(13-11-15)23-19(17-8-4-5-9-18(17)22-23)20(24)14-6-2-1-3-7-14/h10-14,20,24H,1-9H2. The molecule has 24 heavy (non-hydrogen) atoms. The van der Waals surface area contributed by atoms with Crippen molar-refractivity contribution in [2.75, 3.05) is 0 Å². The van der Waals surface area contributed by atoms with Gasteiger partial charge in [0.2, 0.25) is 0 Å². The molecule has 128 valence electrons. The Morgan fingerprint density at radius 1 is 1.00 bits per heavy atom. The van der Waals surface area contributed by atoms with Crippen molar-refractivity contribution >= 4 is 11.6 Å². The molecule has 0 aliphatic heterocycles. The summed E-state index contributed by atoms with van der Waals surface area (Å²) in [5.41, 5.74) is 4.52. The number of aryl methyl sites for hydroxylation is 1. The van der Waals surface area contributed by atoms with Crippen LogP contribution >= 0.6 is 11.6 Å². The molecule has 0 amide bonds. The molecule has 1 aromatic heterocycles. The van der Waals surface area contributed by atoms with Gasteiger partial charge < -0.3 is 5.11 Å². The maximum absolute atomic E-state index is 11.2. The van der Waals surface area contributed by atoms with Gasteiger partial charge in [0.15, 0.2) is 0 Å². The van der Waals surface area contributed by atoms with Gasteiger partial charge in [-0.05, 0) is 74.3 Å². The fraction of sp³-hybridized carbons (Fsp3) is 0.550. The van der Waals surface area contributed by atoms with Gasteiger partial charge in [0.1, 0.15) is 0 Å². The van der Waals surface area contributed by atoms with E-state index >= 15 is 0 Å². The van der Waals surface area contributed by atoms with E-state index in [1.165, 1.54) is 43.4 Å². The van der Waals surface area contributed by atoms with Gasteiger partial charge in [-0.1, -0.05) is 30.9 Å². The van der Waals surface area contributed by atoms with Crippen molar-refractivity contribution in [2.24, 2.45) is 5.92 Å². The highest BCUT2D eigenvalue weighted by atomic mass is 35.5. The summed E-state index contributed by atoms with van der Waals surface area (Å²) < 4.78 is 1.99. The van der Waals surface area contributed by atoms with Crippen LogP contribution in [0.25, 0.3) is 5.69 Å². The van der Waals surface area contributed by atoms with Crippen molar-refractivity contribution in [1.29, 1.82) is 0 Å². The Bertz CT molecular complexity index is 701. The Labute approximate surface area is 148 Å². The molecule has 1 heterocycles. The van der Waals surface area contributed by atoms with Crippen LogP contribution in [0.5, 0.6) is 0 Å². The SMILES string of the molecule is OC(c1c2c(nn1-c1ccc(Cl)cc1)CCCC2)C1CCCCC1. The molecule has 3 nitrogen and oxygen atoms in total. The van der Waals surface area contributed by atoms with Gasteiger partial charge in [-0.15, -0.1) is 0 Å². The largest absolute Gasteiger partial charge is 0.387 e. The summed E-state index contributed by atoms with van der Waals surface area (Å²) in [5, 5.41) is 16.8. The second-order valence-corrected chi connectivity index (χ2v) is 7.69. The monoisotopic (exact) mass is 344 g/mol. The highest BCUT2D eigenvalue weighted by molar-refractivity contribution is 6.30. The van der Waals surface area contributed by atoms with Gasteiger partial charge in [-0.3, -0.25) is 0 Å². The van der Waals surface area contributed by atoms with Crippen LogP contribution in [0.1, 0.15) is 68.0 Å². The van der Waals surface area contributed by atoms with Crippen LogP contribution in [0.2, 0.25) is 5.02 Å². The van der Waals surface area contributed by atoms with E-state index in [-0.39, 0.29) is 0 Å². The number of hydrogen-bond acceptors (Lipinski definition) is 2.